The molecular formula is C17H15F2N3O2. The lowest BCUT2D eigenvalue weighted by molar-refractivity contribution is 0.1000. The molecule has 1 heterocycles. The second kappa shape index (κ2) is 5.92. The molecular weight excluding hydrogens is 316 g/mol. The van der Waals surface area contributed by atoms with Crippen LogP contribution in [0.25, 0.3) is 0 Å². The highest BCUT2D eigenvalue weighted by Gasteiger charge is 2.29. The van der Waals surface area contributed by atoms with Crippen molar-refractivity contribution in [2.45, 2.75) is 13.1 Å². The van der Waals surface area contributed by atoms with Crippen molar-refractivity contribution in [2.75, 3.05) is 11.9 Å². The molecule has 0 aliphatic carbocycles. The molecule has 0 atom stereocenters. The van der Waals surface area contributed by atoms with Gasteiger partial charge in [0.1, 0.15) is 11.6 Å². The number of fused-ring (bicyclic) bond motifs is 1. The summed E-state index contributed by atoms with van der Waals surface area (Å²) in [6, 6.07) is 7.62. The third-order valence-electron chi connectivity index (χ3n) is 3.89. The molecule has 0 spiro atoms. The van der Waals surface area contributed by atoms with Crippen LogP contribution in [0.3, 0.4) is 0 Å². The SMILES string of the molecule is CN1Cc2ccc(C(N)=O)cc2N(Cc2cc(F)cc(F)c2)C1=O. The Bertz CT molecular complexity index is 818. The number of amides is 3. The minimum Gasteiger partial charge on any atom is -0.366 e. The first-order chi connectivity index (χ1) is 11.3. The van der Waals surface area contributed by atoms with Gasteiger partial charge in [0.25, 0.3) is 0 Å². The maximum Gasteiger partial charge on any atom is 0.324 e. The highest BCUT2D eigenvalue weighted by Crippen LogP contribution is 2.30. The van der Waals surface area contributed by atoms with Crippen LogP contribution in [0.5, 0.6) is 0 Å². The minimum absolute atomic E-state index is 0.0208. The number of nitrogens with two attached hydrogens (primary N) is 1. The van der Waals surface area contributed by atoms with E-state index in [1.54, 1.807) is 19.2 Å². The quantitative estimate of drug-likeness (QED) is 0.939. The van der Waals surface area contributed by atoms with Gasteiger partial charge in [0.15, 0.2) is 0 Å². The van der Waals surface area contributed by atoms with Crippen LogP contribution < -0.4 is 10.6 Å². The molecule has 0 saturated heterocycles. The second-order valence-electron chi connectivity index (χ2n) is 5.71. The van der Waals surface area contributed by atoms with Crippen molar-refractivity contribution in [3.63, 3.8) is 0 Å². The zero-order valence-electron chi connectivity index (χ0n) is 12.9. The van der Waals surface area contributed by atoms with Gasteiger partial charge in [0, 0.05) is 25.2 Å². The number of urea groups is 1. The average molecular weight is 331 g/mol. The van der Waals surface area contributed by atoms with Gasteiger partial charge in [-0.2, -0.15) is 0 Å². The number of primary amides is 1. The van der Waals surface area contributed by atoms with E-state index in [4.69, 9.17) is 5.73 Å². The number of benzene rings is 2. The Balaban J connectivity index is 2.04. The number of carbonyl (C=O) groups is 2. The molecule has 2 aromatic rings. The lowest BCUT2D eigenvalue weighted by Crippen LogP contribution is -2.44. The van der Waals surface area contributed by atoms with Gasteiger partial charge in [-0.1, -0.05) is 6.07 Å². The van der Waals surface area contributed by atoms with Crippen LogP contribution in [0.1, 0.15) is 21.5 Å². The summed E-state index contributed by atoms with van der Waals surface area (Å²) >= 11 is 0. The number of carbonyl (C=O) groups excluding carboxylic acids is 2. The first-order valence-electron chi connectivity index (χ1n) is 7.25. The van der Waals surface area contributed by atoms with Gasteiger partial charge >= 0.3 is 6.03 Å². The number of nitrogens with zero attached hydrogens (tertiary/aromatic N) is 2. The van der Waals surface area contributed by atoms with Gasteiger partial charge in [-0.05, 0) is 35.4 Å². The second-order valence-corrected chi connectivity index (χ2v) is 5.71. The summed E-state index contributed by atoms with van der Waals surface area (Å²) in [5.74, 6) is -2.04. The molecule has 0 bridgehead atoms. The van der Waals surface area contributed by atoms with E-state index in [-0.39, 0.29) is 18.1 Å². The van der Waals surface area contributed by atoms with E-state index in [1.807, 2.05) is 0 Å². The summed E-state index contributed by atoms with van der Waals surface area (Å²) in [5, 5.41) is 0. The van der Waals surface area contributed by atoms with E-state index in [0.29, 0.717) is 17.8 Å². The van der Waals surface area contributed by atoms with Crippen molar-refractivity contribution in [1.82, 2.24) is 4.90 Å². The normalized spacial score (nSPS) is 13.9. The van der Waals surface area contributed by atoms with E-state index in [0.717, 1.165) is 11.6 Å². The van der Waals surface area contributed by atoms with E-state index in [9.17, 15) is 18.4 Å². The Labute approximate surface area is 137 Å². The van der Waals surface area contributed by atoms with Gasteiger partial charge in [-0.25, -0.2) is 13.6 Å². The maximum atomic E-state index is 13.4. The zero-order valence-corrected chi connectivity index (χ0v) is 12.9. The predicted octanol–water partition coefficient (Wildman–Crippen LogP) is 2.64. The third kappa shape index (κ3) is 2.92. The number of rotatable bonds is 3. The summed E-state index contributed by atoms with van der Waals surface area (Å²) in [7, 11) is 1.63. The molecule has 124 valence electrons. The Kier molecular flexibility index (Phi) is 3.92. The highest BCUT2D eigenvalue weighted by molar-refractivity contribution is 5.98. The fraction of sp³-hybridized carbons (Fsp3) is 0.176. The standard InChI is InChI=1S/C17H15F2N3O2/c1-21-9-12-3-2-11(16(20)23)6-15(12)22(17(21)24)8-10-4-13(18)7-14(19)5-10/h2-7H,8-9H2,1H3,(H2,20,23). The summed E-state index contributed by atoms with van der Waals surface area (Å²) in [6.45, 7) is 0.355. The van der Waals surface area contributed by atoms with Gasteiger partial charge in [-0.15, -0.1) is 0 Å². The lowest BCUT2D eigenvalue weighted by atomic mass is 10.0. The van der Waals surface area contributed by atoms with Crippen molar-refractivity contribution in [2.24, 2.45) is 5.73 Å². The van der Waals surface area contributed by atoms with Crippen molar-refractivity contribution in [3.8, 4) is 0 Å². The molecule has 3 rings (SSSR count). The average Bonchev–Trinajstić information content (AvgIpc) is 2.50. The van der Waals surface area contributed by atoms with Crippen molar-refractivity contribution in [1.29, 1.82) is 0 Å². The summed E-state index contributed by atoms with van der Waals surface area (Å²) < 4.78 is 26.8. The van der Waals surface area contributed by atoms with E-state index in [2.05, 4.69) is 0 Å². The van der Waals surface area contributed by atoms with Crippen LogP contribution in [0.15, 0.2) is 36.4 Å². The highest BCUT2D eigenvalue weighted by atomic mass is 19.1. The number of hydrogen-bond donors (Lipinski definition) is 1. The Hall–Kier alpha value is -2.96. The van der Waals surface area contributed by atoms with Crippen LogP contribution in [0.2, 0.25) is 0 Å². The van der Waals surface area contributed by atoms with Crippen molar-refractivity contribution >= 4 is 17.6 Å². The summed E-state index contributed by atoms with van der Waals surface area (Å²) in [5.41, 5.74) is 7.20. The Morgan fingerprint density at radius 3 is 2.46 bits per heavy atom. The number of hydrogen-bond acceptors (Lipinski definition) is 2. The van der Waals surface area contributed by atoms with Gasteiger partial charge in [0.2, 0.25) is 5.91 Å². The molecule has 24 heavy (non-hydrogen) atoms. The van der Waals surface area contributed by atoms with Gasteiger partial charge in [-0.3, -0.25) is 9.69 Å². The largest absolute Gasteiger partial charge is 0.366 e. The van der Waals surface area contributed by atoms with Crippen LogP contribution in [-0.2, 0) is 13.1 Å². The molecule has 0 aromatic heterocycles. The molecule has 2 aromatic carbocycles. The summed E-state index contributed by atoms with van der Waals surface area (Å²) in [6.07, 6.45) is 0. The van der Waals surface area contributed by atoms with E-state index in [1.165, 1.54) is 28.0 Å². The number of anilines is 1. The molecule has 2 N–H and O–H groups in total. The molecule has 0 saturated carbocycles. The molecule has 0 fully saturated rings. The maximum absolute atomic E-state index is 13.4. The molecule has 1 aliphatic rings. The van der Waals surface area contributed by atoms with Crippen molar-refractivity contribution < 1.29 is 18.4 Å². The Morgan fingerprint density at radius 2 is 1.83 bits per heavy atom. The van der Waals surface area contributed by atoms with Gasteiger partial charge in [0.05, 0.1) is 12.2 Å². The minimum atomic E-state index is -0.714. The first-order valence-corrected chi connectivity index (χ1v) is 7.25. The van der Waals surface area contributed by atoms with Gasteiger partial charge < -0.3 is 10.6 Å². The Morgan fingerprint density at radius 1 is 1.17 bits per heavy atom. The molecule has 5 nitrogen and oxygen atoms in total. The van der Waals surface area contributed by atoms with E-state index >= 15 is 0 Å². The molecule has 0 radical (unpaired) electrons. The third-order valence-corrected chi connectivity index (χ3v) is 3.89. The van der Waals surface area contributed by atoms with Crippen LogP contribution in [0, 0.1) is 11.6 Å². The molecule has 0 unspecified atom stereocenters. The monoisotopic (exact) mass is 331 g/mol. The topological polar surface area (TPSA) is 66.6 Å². The first kappa shape index (κ1) is 15.9. The summed E-state index contributed by atoms with van der Waals surface area (Å²) in [4.78, 5) is 26.8. The fourth-order valence-electron chi connectivity index (χ4n) is 2.77. The lowest BCUT2D eigenvalue weighted by Gasteiger charge is -2.35. The smallest absolute Gasteiger partial charge is 0.324 e. The zero-order chi connectivity index (χ0) is 17.4. The van der Waals surface area contributed by atoms with E-state index < -0.39 is 17.5 Å². The van der Waals surface area contributed by atoms with Crippen molar-refractivity contribution in [3.05, 3.63) is 64.7 Å². The molecule has 1 aliphatic heterocycles. The van der Waals surface area contributed by atoms with Crippen LogP contribution in [-0.4, -0.2) is 23.9 Å². The molecule has 3 amide bonds. The predicted molar refractivity (Wildman–Crippen MR) is 84.4 cm³/mol. The number of halogens is 2. The van der Waals surface area contributed by atoms with Crippen LogP contribution >= 0.6 is 0 Å². The fourth-order valence-corrected chi connectivity index (χ4v) is 2.77. The van der Waals surface area contributed by atoms with Crippen LogP contribution in [0.4, 0.5) is 19.3 Å². The molecule has 7 heteroatoms.